The number of rotatable bonds is 9. The largest absolute Gasteiger partial charge is 0.490 e. The van der Waals surface area contributed by atoms with Crippen LogP contribution in [0.2, 0.25) is 0 Å². The normalized spacial score (nSPS) is 11.3. The molecule has 11 nitrogen and oxygen atoms in total. The molecule has 0 saturated heterocycles. The van der Waals surface area contributed by atoms with Gasteiger partial charge in [-0.1, -0.05) is 12.1 Å². The van der Waals surface area contributed by atoms with Gasteiger partial charge in [0.1, 0.15) is 23.2 Å². The number of nitriles is 1. The Bertz CT molecular complexity index is 1660. The maximum absolute atomic E-state index is 13.0. The van der Waals surface area contributed by atoms with Crippen molar-refractivity contribution in [3.05, 3.63) is 71.7 Å². The van der Waals surface area contributed by atoms with Crippen molar-refractivity contribution in [1.82, 2.24) is 24.3 Å². The lowest BCUT2D eigenvalue weighted by Gasteiger charge is -2.16. The zero-order valence-corrected chi connectivity index (χ0v) is 23.7. The van der Waals surface area contributed by atoms with Crippen molar-refractivity contribution in [3.8, 4) is 17.3 Å². The van der Waals surface area contributed by atoms with Crippen LogP contribution in [0.15, 0.2) is 54.9 Å². The first-order chi connectivity index (χ1) is 21.2. The first-order valence-electron chi connectivity index (χ1n) is 13.2. The van der Waals surface area contributed by atoms with Gasteiger partial charge in [0.05, 0.1) is 16.8 Å². The number of hydrogen-bond donors (Lipinski definition) is 3. The Hall–Kier alpha value is -5.40. The first kappa shape index (κ1) is 34.1. The smallest absolute Gasteiger partial charge is 0.475 e. The number of nitrogens with zero attached hydrogens (tertiary/aromatic N) is 6. The minimum atomic E-state index is -5.08. The number of imidazole rings is 1. The Morgan fingerprint density at radius 2 is 1.60 bits per heavy atom. The number of carbonyl (C=O) groups is 2. The SMILES string of the molecule is CCN(CC)C(=O)c1cn2c(NCCNc3ccc(C#N)cn3)nc(-c3ccc(C(F)(F)F)cc3)cc2n1.O=C(O)C(F)(F)F. The Morgan fingerprint density at radius 1 is 0.978 bits per heavy atom. The van der Waals surface area contributed by atoms with Gasteiger partial charge >= 0.3 is 18.3 Å². The van der Waals surface area contributed by atoms with Crippen LogP contribution in [0, 0.1) is 11.3 Å². The minimum Gasteiger partial charge on any atom is -0.475 e. The molecule has 0 aliphatic carbocycles. The van der Waals surface area contributed by atoms with Gasteiger partial charge < -0.3 is 20.6 Å². The highest BCUT2D eigenvalue weighted by atomic mass is 19.4. The molecule has 0 spiro atoms. The lowest BCUT2D eigenvalue weighted by molar-refractivity contribution is -0.192. The van der Waals surface area contributed by atoms with E-state index in [-0.39, 0.29) is 11.6 Å². The number of carbonyl (C=O) groups excluding carboxylic acids is 1. The molecule has 238 valence electrons. The lowest BCUT2D eigenvalue weighted by atomic mass is 10.1. The minimum absolute atomic E-state index is 0.228. The van der Waals surface area contributed by atoms with Crippen molar-refractivity contribution in [3.63, 3.8) is 0 Å². The van der Waals surface area contributed by atoms with Gasteiger partial charge in [0.15, 0.2) is 0 Å². The molecule has 1 amide bonds. The fourth-order valence-corrected chi connectivity index (χ4v) is 3.80. The van der Waals surface area contributed by atoms with Crippen LogP contribution < -0.4 is 10.6 Å². The number of fused-ring (bicyclic) bond motifs is 1. The van der Waals surface area contributed by atoms with Crippen LogP contribution >= 0.6 is 0 Å². The number of hydrogen-bond acceptors (Lipinski definition) is 8. The fraction of sp³-hybridized carbons (Fsp3) is 0.286. The van der Waals surface area contributed by atoms with E-state index in [0.717, 1.165) is 12.1 Å². The Kier molecular flexibility index (Phi) is 10.9. The quantitative estimate of drug-likeness (QED) is 0.164. The van der Waals surface area contributed by atoms with Crippen molar-refractivity contribution in [2.24, 2.45) is 0 Å². The predicted molar refractivity (Wildman–Crippen MR) is 150 cm³/mol. The summed E-state index contributed by atoms with van der Waals surface area (Å²) in [7, 11) is 0. The van der Waals surface area contributed by atoms with Gasteiger partial charge in [-0.2, -0.15) is 31.6 Å². The molecule has 0 unspecified atom stereocenters. The maximum atomic E-state index is 13.0. The third-order valence-corrected chi connectivity index (χ3v) is 6.08. The lowest BCUT2D eigenvalue weighted by Crippen LogP contribution is -2.30. The molecule has 0 fully saturated rings. The summed E-state index contributed by atoms with van der Waals surface area (Å²) >= 11 is 0. The summed E-state index contributed by atoms with van der Waals surface area (Å²) in [4.78, 5) is 36.7. The van der Waals surface area contributed by atoms with E-state index in [1.807, 2.05) is 19.9 Å². The number of benzene rings is 1. The van der Waals surface area contributed by atoms with E-state index in [0.29, 0.717) is 60.4 Å². The zero-order chi connectivity index (χ0) is 33.4. The Labute approximate surface area is 252 Å². The second-order valence-corrected chi connectivity index (χ2v) is 9.07. The highest BCUT2D eigenvalue weighted by Crippen LogP contribution is 2.31. The number of aromatic nitrogens is 4. The van der Waals surface area contributed by atoms with Gasteiger partial charge in [-0.15, -0.1) is 0 Å². The molecule has 0 aliphatic rings. The van der Waals surface area contributed by atoms with Gasteiger partial charge in [0.2, 0.25) is 5.95 Å². The van der Waals surface area contributed by atoms with Crippen LogP contribution in [-0.2, 0) is 11.0 Å². The second kappa shape index (κ2) is 14.4. The summed E-state index contributed by atoms with van der Waals surface area (Å²) in [5, 5.41) is 22.4. The molecule has 0 radical (unpaired) electrons. The maximum Gasteiger partial charge on any atom is 0.490 e. The molecule has 45 heavy (non-hydrogen) atoms. The number of halogens is 6. The molecular weight excluding hydrogens is 610 g/mol. The van der Waals surface area contributed by atoms with E-state index < -0.39 is 23.9 Å². The molecule has 3 N–H and O–H groups in total. The van der Waals surface area contributed by atoms with Gasteiger partial charge in [0, 0.05) is 50.2 Å². The molecule has 0 aliphatic heterocycles. The predicted octanol–water partition coefficient (Wildman–Crippen LogP) is 5.32. The molecule has 17 heteroatoms. The summed E-state index contributed by atoms with van der Waals surface area (Å²) in [6.45, 7) is 5.66. The van der Waals surface area contributed by atoms with Gasteiger partial charge in [-0.05, 0) is 38.1 Å². The van der Waals surface area contributed by atoms with E-state index in [9.17, 15) is 31.1 Å². The molecule has 0 saturated carbocycles. The van der Waals surface area contributed by atoms with Crippen LogP contribution in [0.25, 0.3) is 16.9 Å². The van der Waals surface area contributed by atoms with Crippen LogP contribution in [0.4, 0.5) is 38.1 Å². The molecular formula is C28H26F6N8O3. The Balaban J connectivity index is 0.000000707. The van der Waals surface area contributed by atoms with Gasteiger partial charge in [-0.25, -0.2) is 19.7 Å². The molecule has 4 rings (SSSR count). The third kappa shape index (κ3) is 9.05. The summed E-state index contributed by atoms with van der Waals surface area (Å²) in [5.41, 5.74) is 1.25. The van der Waals surface area contributed by atoms with Crippen molar-refractivity contribution < 1.29 is 41.0 Å². The first-order valence-corrected chi connectivity index (χ1v) is 13.2. The average molecular weight is 637 g/mol. The van der Waals surface area contributed by atoms with Crippen LogP contribution in [-0.4, -0.2) is 73.6 Å². The number of nitrogens with one attached hydrogen (secondary N) is 2. The molecule has 0 bridgehead atoms. The van der Waals surface area contributed by atoms with Crippen molar-refractivity contribution in [1.29, 1.82) is 5.26 Å². The topological polar surface area (TPSA) is 149 Å². The summed E-state index contributed by atoms with van der Waals surface area (Å²) in [6, 6.07) is 11.7. The monoisotopic (exact) mass is 636 g/mol. The summed E-state index contributed by atoms with van der Waals surface area (Å²) < 4.78 is 72.5. The Morgan fingerprint density at radius 3 is 2.11 bits per heavy atom. The van der Waals surface area contributed by atoms with E-state index >= 15 is 0 Å². The molecule has 1 aromatic carbocycles. The van der Waals surface area contributed by atoms with E-state index in [1.54, 1.807) is 33.7 Å². The highest BCUT2D eigenvalue weighted by molar-refractivity contribution is 5.93. The van der Waals surface area contributed by atoms with Crippen molar-refractivity contribution >= 4 is 29.3 Å². The number of carboxylic acids is 1. The molecule has 0 atom stereocenters. The van der Waals surface area contributed by atoms with Gasteiger partial charge in [0.25, 0.3) is 5.91 Å². The van der Waals surface area contributed by atoms with Crippen LogP contribution in [0.3, 0.4) is 0 Å². The fourth-order valence-electron chi connectivity index (χ4n) is 3.80. The average Bonchev–Trinajstić information content (AvgIpc) is 3.44. The standard InChI is InChI=1S/C26H25F3N8O.C2HF3O2/c1-3-36(4-2)24(38)21-16-37-23(34-21)13-20(18-6-8-19(9-7-18)26(27,28)29)35-25(37)32-12-11-31-22-10-5-17(14-30)15-33-22;3-2(4,5)1(6)7/h5-10,13,15-16H,3-4,11-12H2,1-2H3,(H,31,33)(H,32,35);(H,6,7). The number of aliphatic carboxylic acids is 1. The van der Waals surface area contributed by atoms with Gasteiger partial charge in [-0.3, -0.25) is 9.20 Å². The second-order valence-electron chi connectivity index (χ2n) is 9.07. The molecule has 3 aromatic heterocycles. The third-order valence-electron chi connectivity index (χ3n) is 6.08. The number of amides is 1. The van der Waals surface area contributed by atoms with Crippen LogP contribution in [0.1, 0.15) is 35.5 Å². The summed E-state index contributed by atoms with van der Waals surface area (Å²) in [6.07, 6.45) is -6.46. The number of anilines is 2. The van der Waals surface area contributed by atoms with E-state index in [4.69, 9.17) is 15.2 Å². The highest BCUT2D eigenvalue weighted by Gasteiger charge is 2.38. The number of carboxylic acid groups (broad SMARTS) is 1. The van der Waals surface area contributed by atoms with E-state index in [2.05, 4.69) is 25.6 Å². The summed E-state index contributed by atoms with van der Waals surface area (Å²) in [5.74, 6) is -2.02. The zero-order valence-electron chi connectivity index (χ0n) is 23.7. The molecule has 3 heterocycles. The van der Waals surface area contributed by atoms with Crippen molar-refractivity contribution in [2.45, 2.75) is 26.2 Å². The number of alkyl halides is 6. The van der Waals surface area contributed by atoms with Crippen molar-refractivity contribution in [2.75, 3.05) is 36.8 Å². The van der Waals surface area contributed by atoms with E-state index in [1.165, 1.54) is 18.3 Å². The molecule has 4 aromatic rings. The number of pyridine rings is 1. The van der Waals surface area contributed by atoms with Crippen LogP contribution in [0.5, 0.6) is 0 Å².